The fourth-order valence-electron chi connectivity index (χ4n) is 8.21. The molecule has 60 heavy (non-hydrogen) atoms. The Balaban J connectivity index is 4.19. The Hall–Kier alpha value is -1.36. The summed E-state index contributed by atoms with van der Waals surface area (Å²) in [5, 5.41) is 0. The molecule has 0 heterocycles. The molecule has 0 spiro atoms. The second-order valence-corrected chi connectivity index (χ2v) is 18.5. The summed E-state index contributed by atoms with van der Waals surface area (Å²) in [6.45, 7) is 7.88. The molecule has 0 aromatic carbocycles. The van der Waals surface area contributed by atoms with Crippen LogP contribution in [0.1, 0.15) is 303 Å². The summed E-state index contributed by atoms with van der Waals surface area (Å²) in [4.78, 5) is 25.4. The number of ether oxygens (including phenoxy) is 3. The smallest absolute Gasteiger partial charge is 0.306 e. The van der Waals surface area contributed by atoms with Gasteiger partial charge in [0.05, 0.1) is 6.61 Å². The van der Waals surface area contributed by atoms with Crippen LogP contribution in [0, 0.1) is 0 Å². The fraction of sp³-hybridized carbons (Fsp3) is 0.927. The summed E-state index contributed by atoms with van der Waals surface area (Å²) in [7, 11) is 0. The highest BCUT2D eigenvalue weighted by atomic mass is 16.6. The molecule has 0 N–H and O–H groups in total. The van der Waals surface area contributed by atoms with Crippen molar-refractivity contribution in [3.63, 3.8) is 0 Å². The van der Waals surface area contributed by atoms with Gasteiger partial charge in [0.1, 0.15) is 6.61 Å². The zero-order valence-electron chi connectivity index (χ0n) is 41.0. The summed E-state index contributed by atoms with van der Waals surface area (Å²) < 4.78 is 17.4. The van der Waals surface area contributed by atoms with Crippen molar-refractivity contribution in [3.05, 3.63) is 12.2 Å². The number of carbonyl (C=O) groups excluding carboxylic acids is 2. The van der Waals surface area contributed by atoms with Crippen molar-refractivity contribution in [2.45, 2.75) is 309 Å². The van der Waals surface area contributed by atoms with E-state index in [0.717, 1.165) is 44.9 Å². The SMILES string of the molecule is CCCCCCCC/C=C\CCCCCCCC(=O)OC(COCCCCCCCCCCCCCC)COC(=O)CCCCCCCCCCCCCCCCCCC. The Labute approximate surface area is 375 Å². The lowest BCUT2D eigenvalue weighted by molar-refractivity contribution is -0.163. The van der Waals surface area contributed by atoms with Gasteiger partial charge >= 0.3 is 11.9 Å². The highest BCUT2D eigenvalue weighted by Crippen LogP contribution is 2.16. The van der Waals surface area contributed by atoms with Crippen molar-refractivity contribution < 1.29 is 23.8 Å². The molecule has 356 valence electrons. The zero-order chi connectivity index (χ0) is 43.5. The Morgan fingerprint density at radius 2 is 0.650 bits per heavy atom. The van der Waals surface area contributed by atoms with Gasteiger partial charge in [-0.15, -0.1) is 0 Å². The van der Waals surface area contributed by atoms with Crippen LogP contribution in [0.5, 0.6) is 0 Å². The largest absolute Gasteiger partial charge is 0.462 e. The Morgan fingerprint density at radius 3 is 1.02 bits per heavy atom. The standard InChI is InChI=1S/C55H106O5/c1-4-7-10-13-16-19-22-25-27-28-30-31-33-36-39-42-45-48-54(56)59-52-53(51-58-50-47-44-41-38-35-24-21-18-15-12-9-6-3)60-55(57)49-46-43-40-37-34-32-29-26-23-20-17-14-11-8-5-2/h26,29,53H,4-25,27-28,30-52H2,1-3H3/b29-26-. The van der Waals surface area contributed by atoms with E-state index in [1.165, 1.54) is 225 Å². The second kappa shape index (κ2) is 52.0. The second-order valence-electron chi connectivity index (χ2n) is 18.5. The van der Waals surface area contributed by atoms with Gasteiger partial charge in [-0.25, -0.2) is 0 Å². The first-order valence-corrected chi connectivity index (χ1v) is 27.2. The minimum absolute atomic E-state index is 0.0916. The Kier molecular flexibility index (Phi) is 50.8. The van der Waals surface area contributed by atoms with E-state index in [4.69, 9.17) is 14.2 Å². The number of hydrogen-bond donors (Lipinski definition) is 0. The normalized spacial score (nSPS) is 12.1. The maximum atomic E-state index is 12.8. The molecule has 0 bridgehead atoms. The molecule has 0 aliphatic rings. The summed E-state index contributed by atoms with van der Waals surface area (Å²) in [5.74, 6) is -0.383. The third kappa shape index (κ3) is 49.3. The van der Waals surface area contributed by atoms with Crippen LogP contribution in [0.15, 0.2) is 12.2 Å². The molecule has 0 aliphatic heterocycles. The molecule has 0 saturated heterocycles. The van der Waals surface area contributed by atoms with E-state index in [1.807, 2.05) is 0 Å². The third-order valence-corrected chi connectivity index (χ3v) is 12.3. The first kappa shape index (κ1) is 58.6. The Bertz CT molecular complexity index is 871. The maximum absolute atomic E-state index is 12.8. The molecule has 0 saturated carbocycles. The summed E-state index contributed by atoms with van der Waals surface area (Å²) in [6, 6.07) is 0. The molecule has 0 amide bonds. The number of rotatable bonds is 51. The first-order chi connectivity index (χ1) is 29.6. The van der Waals surface area contributed by atoms with E-state index in [9.17, 15) is 9.59 Å². The lowest BCUT2D eigenvalue weighted by atomic mass is 10.0. The molecule has 5 heteroatoms. The predicted octanol–water partition coefficient (Wildman–Crippen LogP) is 18.2. The van der Waals surface area contributed by atoms with E-state index in [-0.39, 0.29) is 18.5 Å². The molecule has 0 radical (unpaired) electrons. The van der Waals surface area contributed by atoms with Crippen molar-refractivity contribution in [2.24, 2.45) is 0 Å². The summed E-state index contributed by atoms with van der Waals surface area (Å²) in [5.41, 5.74) is 0. The van der Waals surface area contributed by atoms with Crippen LogP contribution >= 0.6 is 0 Å². The number of hydrogen-bond acceptors (Lipinski definition) is 5. The lowest BCUT2D eigenvalue weighted by Gasteiger charge is -2.18. The van der Waals surface area contributed by atoms with Crippen LogP contribution in [0.3, 0.4) is 0 Å². The molecular weight excluding hydrogens is 741 g/mol. The van der Waals surface area contributed by atoms with Crippen LogP contribution in [-0.4, -0.2) is 37.9 Å². The average molecular weight is 847 g/mol. The minimum atomic E-state index is -0.530. The van der Waals surface area contributed by atoms with Crippen molar-refractivity contribution >= 4 is 11.9 Å². The summed E-state index contributed by atoms with van der Waals surface area (Å²) in [6.07, 6.45) is 59.3. The fourth-order valence-corrected chi connectivity index (χ4v) is 8.21. The van der Waals surface area contributed by atoms with Gasteiger partial charge in [0.25, 0.3) is 0 Å². The van der Waals surface area contributed by atoms with Gasteiger partial charge in [-0.2, -0.15) is 0 Å². The highest BCUT2D eigenvalue weighted by molar-refractivity contribution is 5.70. The van der Waals surface area contributed by atoms with Crippen molar-refractivity contribution in [3.8, 4) is 0 Å². The van der Waals surface area contributed by atoms with Crippen LogP contribution in [0.2, 0.25) is 0 Å². The van der Waals surface area contributed by atoms with E-state index >= 15 is 0 Å². The van der Waals surface area contributed by atoms with E-state index in [1.54, 1.807) is 0 Å². The van der Waals surface area contributed by atoms with Crippen LogP contribution in [0.25, 0.3) is 0 Å². The minimum Gasteiger partial charge on any atom is -0.462 e. The van der Waals surface area contributed by atoms with Crippen LogP contribution in [-0.2, 0) is 23.8 Å². The van der Waals surface area contributed by atoms with E-state index < -0.39 is 6.10 Å². The van der Waals surface area contributed by atoms with Gasteiger partial charge in [-0.05, 0) is 44.9 Å². The van der Waals surface area contributed by atoms with Crippen LogP contribution < -0.4 is 0 Å². The molecule has 5 nitrogen and oxygen atoms in total. The summed E-state index contributed by atoms with van der Waals surface area (Å²) >= 11 is 0. The first-order valence-electron chi connectivity index (χ1n) is 27.2. The molecule has 0 fully saturated rings. The molecule has 0 aromatic rings. The Morgan fingerprint density at radius 1 is 0.350 bits per heavy atom. The molecule has 0 rings (SSSR count). The topological polar surface area (TPSA) is 61.8 Å². The average Bonchev–Trinajstić information content (AvgIpc) is 3.25. The van der Waals surface area contributed by atoms with Crippen molar-refractivity contribution in [2.75, 3.05) is 19.8 Å². The highest BCUT2D eigenvalue weighted by Gasteiger charge is 2.17. The molecule has 0 aliphatic carbocycles. The van der Waals surface area contributed by atoms with Gasteiger partial charge in [0, 0.05) is 19.4 Å². The zero-order valence-corrected chi connectivity index (χ0v) is 41.0. The van der Waals surface area contributed by atoms with Gasteiger partial charge in [-0.3, -0.25) is 9.59 Å². The predicted molar refractivity (Wildman–Crippen MR) is 261 cm³/mol. The van der Waals surface area contributed by atoms with Gasteiger partial charge in [0.2, 0.25) is 0 Å². The number of allylic oxidation sites excluding steroid dienone is 2. The molecule has 0 aromatic heterocycles. The van der Waals surface area contributed by atoms with E-state index in [2.05, 4.69) is 32.9 Å². The van der Waals surface area contributed by atoms with Gasteiger partial charge in [0.15, 0.2) is 6.10 Å². The number of carbonyl (C=O) groups is 2. The van der Waals surface area contributed by atoms with Gasteiger partial charge in [-0.1, -0.05) is 258 Å². The van der Waals surface area contributed by atoms with E-state index in [0.29, 0.717) is 26.1 Å². The third-order valence-electron chi connectivity index (χ3n) is 12.3. The van der Waals surface area contributed by atoms with Crippen molar-refractivity contribution in [1.82, 2.24) is 0 Å². The van der Waals surface area contributed by atoms with Crippen molar-refractivity contribution in [1.29, 1.82) is 0 Å². The number of unbranched alkanes of at least 4 members (excludes halogenated alkanes) is 38. The molecule has 1 atom stereocenters. The van der Waals surface area contributed by atoms with Crippen LogP contribution in [0.4, 0.5) is 0 Å². The lowest BCUT2D eigenvalue weighted by Crippen LogP contribution is -2.30. The molecule has 1 unspecified atom stereocenters. The maximum Gasteiger partial charge on any atom is 0.306 e. The number of esters is 2. The quantitative estimate of drug-likeness (QED) is 0.0347. The molecular formula is C55H106O5. The van der Waals surface area contributed by atoms with Gasteiger partial charge < -0.3 is 14.2 Å². The monoisotopic (exact) mass is 847 g/mol.